The molecule has 0 aliphatic heterocycles. The molecule has 2 N–H and O–H groups in total. The number of halogens is 8. The Balaban J connectivity index is 1.57. The van der Waals surface area contributed by atoms with Crippen LogP contribution in [0.1, 0.15) is 46.4 Å². The molecule has 0 aliphatic carbocycles. The molecule has 44 heavy (non-hydrogen) atoms. The summed E-state index contributed by atoms with van der Waals surface area (Å²) in [6.07, 6.45) is -8.41. The van der Waals surface area contributed by atoms with Crippen LogP contribution in [0.5, 0.6) is 0 Å². The minimum absolute atomic E-state index is 0.00772. The number of benzene rings is 3. The first-order chi connectivity index (χ1) is 20.6. The number of pyridine rings is 1. The Hall–Kier alpha value is -4.45. The van der Waals surface area contributed by atoms with Gasteiger partial charge in [-0.3, -0.25) is 14.6 Å². The molecule has 0 saturated carbocycles. The molecule has 0 amide bonds. The molecule has 0 bridgehead atoms. The smallest absolute Gasteiger partial charge is 0.419 e. The molecule has 5 nitrogen and oxygen atoms in total. The number of aromatic nitrogens is 1. The van der Waals surface area contributed by atoms with Crippen LogP contribution in [0.2, 0.25) is 5.02 Å². The lowest BCUT2D eigenvalue weighted by Crippen LogP contribution is -2.08. The number of alkyl halides is 6. The van der Waals surface area contributed by atoms with Crippen molar-refractivity contribution in [1.29, 1.82) is 0 Å². The average Bonchev–Trinajstić information content (AvgIpc) is 2.95. The number of carboxylic acids is 1. The number of anilines is 1. The van der Waals surface area contributed by atoms with E-state index in [-0.39, 0.29) is 53.2 Å². The lowest BCUT2D eigenvalue weighted by molar-refractivity contribution is -0.140. The van der Waals surface area contributed by atoms with Crippen molar-refractivity contribution in [3.63, 3.8) is 0 Å². The molecule has 13 heteroatoms. The van der Waals surface area contributed by atoms with Crippen molar-refractivity contribution in [2.24, 2.45) is 0 Å². The normalized spacial score (nSPS) is 11.8. The zero-order chi connectivity index (χ0) is 32.2. The van der Waals surface area contributed by atoms with Gasteiger partial charge in [-0.2, -0.15) is 26.3 Å². The van der Waals surface area contributed by atoms with Gasteiger partial charge in [0, 0.05) is 42.4 Å². The molecule has 0 saturated heterocycles. The van der Waals surface area contributed by atoms with Crippen molar-refractivity contribution < 1.29 is 45.4 Å². The van der Waals surface area contributed by atoms with Crippen LogP contribution in [0, 0.1) is 5.82 Å². The van der Waals surface area contributed by atoms with E-state index >= 15 is 0 Å². The Labute approximate surface area is 251 Å². The number of hydrogen-bond acceptors (Lipinski definition) is 4. The third-order valence-electron chi connectivity index (χ3n) is 6.63. The lowest BCUT2D eigenvalue weighted by atomic mass is 9.97. The molecule has 1 aromatic heterocycles. The van der Waals surface area contributed by atoms with Crippen molar-refractivity contribution in [2.45, 2.75) is 38.2 Å². The van der Waals surface area contributed by atoms with Gasteiger partial charge >= 0.3 is 18.3 Å². The highest BCUT2D eigenvalue weighted by Gasteiger charge is 2.34. The van der Waals surface area contributed by atoms with Crippen LogP contribution in [-0.4, -0.2) is 21.8 Å². The molecule has 0 aliphatic rings. The predicted octanol–water partition coefficient (Wildman–Crippen LogP) is 9.30. The highest BCUT2D eigenvalue weighted by atomic mass is 35.5. The third kappa shape index (κ3) is 7.93. The summed E-state index contributed by atoms with van der Waals surface area (Å²) < 4.78 is 93.8. The zero-order valence-corrected chi connectivity index (χ0v) is 23.2. The Kier molecular flexibility index (Phi) is 9.62. The van der Waals surface area contributed by atoms with E-state index in [1.54, 1.807) is 0 Å². The zero-order valence-electron chi connectivity index (χ0n) is 22.5. The van der Waals surface area contributed by atoms with Crippen LogP contribution in [0.15, 0.2) is 72.9 Å². The largest absolute Gasteiger partial charge is 0.481 e. The fourth-order valence-electron chi connectivity index (χ4n) is 4.39. The number of carboxylic acid groups (broad SMARTS) is 1. The van der Waals surface area contributed by atoms with Gasteiger partial charge in [-0.15, -0.1) is 0 Å². The quantitative estimate of drug-likeness (QED) is 0.134. The van der Waals surface area contributed by atoms with Crippen LogP contribution in [-0.2, 0) is 23.7 Å². The summed E-state index contributed by atoms with van der Waals surface area (Å²) in [7, 11) is 0. The minimum atomic E-state index is -4.90. The van der Waals surface area contributed by atoms with Crippen molar-refractivity contribution in [3.8, 4) is 22.3 Å². The summed E-state index contributed by atoms with van der Waals surface area (Å²) in [4.78, 5) is 27.1. The van der Waals surface area contributed by atoms with Gasteiger partial charge in [0.2, 0.25) is 0 Å². The maximum Gasteiger partial charge on any atom is 0.419 e. The number of carbonyl (C=O) groups is 2. The van der Waals surface area contributed by atoms with Crippen LogP contribution < -0.4 is 5.32 Å². The highest BCUT2D eigenvalue weighted by Crippen LogP contribution is 2.38. The summed E-state index contributed by atoms with van der Waals surface area (Å²) in [5.74, 6) is -2.87. The molecule has 0 unspecified atom stereocenters. The second kappa shape index (κ2) is 13.0. The van der Waals surface area contributed by atoms with E-state index in [9.17, 15) is 40.3 Å². The molecule has 4 rings (SSSR count). The van der Waals surface area contributed by atoms with Crippen molar-refractivity contribution in [2.75, 3.05) is 5.32 Å². The molecule has 3 aromatic carbocycles. The van der Waals surface area contributed by atoms with Crippen LogP contribution in [0.4, 0.5) is 36.4 Å². The van der Waals surface area contributed by atoms with Gasteiger partial charge in [-0.05, 0) is 65.6 Å². The number of aliphatic carboxylic acids is 1. The molecule has 1 heterocycles. The molecular formula is C31H22ClF7N2O3. The molecule has 0 fully saturated rings. The van der Waals surface area contributed by atoms with Gasteiger partial charge in [0.25, 0.3) is 0 Å². The van der Waals surface area contributed by atoms with E-state index < -0.39 is 41.0 Å². The van der Waals surface area contributed by atoms with E-state index in [0.717, 1.165) is 18.2 Å². The minimum Gasteiger partial charge on any atom is -0.481 e. The first-order valence-corrected chi connectivity index (χ1v) is 13.3. The summed E-state index contributed by atoms with van der Waals surface area (Å²) in [6.45, 7) is 0.00772. The lowest BCUT2D eigenvalue weighted by Gasteiger charge is -2.16. The Morgan fingerprint density at radius 1 is 0.818 bits per heavy atom. The van der Waals surface area contributed by atoms with Crippen LogP contribution >= 0.6 is 11.6 Å². The molecule has 230 valence electrons. The van der Waals surface area contributed by atoms with Gasteiger partial charge < -0.3 is 10.4 Å². The molecular weight excluding hydrogens is 617 g/mol. The number of nitrogens with zero attached hydrogens (tertiary/aromatic N) is 1. The van der Waals surface area contributed by atoms with Gasteiger partial charge in [-0.1, -0.05) is 35.9 Å². The van der Waals surface area contributed by atoms with Crippen molar-refractivity contribution in [3.05, 3.63) is 106 Å². The topological polar surface area (TPSA) is 79.3 Å². The number of carbonyl (C=O) groups excluding carboxylic acids is 1. The molecule has 4 aromatic rings. The maximum atomic E-state index is 13.7. The number of rotatable bonds is 10. The van der Waals surface area contributed by atoms with E-state index in [2.05, 4.69) is 10.3 Å². The predicted molar refractivity (Wildman–Crippen MR) is 150 cm³/mol. The summed E-state index contributed by atoms with van der Waals surface area (Å²) >= 11 is 6.33. The van der Waals surface area contributed by atoms with Gasteiger partial charge in [-0.25, -0.2) is 4.39 Å². The van der Waals surface area contributed by atoms with Crippen LogP contribution in [0.3, 0.4) is 0 Å². The first kappa shape index (κ1) is 32.5. The summed E-state index contributed by atoms with van der Waals surface area (Å²) in [6, 6.07) is 12.8. The van der Waals surface area contributed by atoms with E-state index in [1.807, 2.05) is 0 Å². The molecule has 0 spiro atoms. The van der Waals surface area contributed by atoms with Crippen molar-refractivity contribution >= 4 is 29.0 Å². The van der Waals surface area contributed by atoms with E-state index in [4.69, 9.17) is 16.7 Å². The number of Topliss-reactive ketones (excluding diaryl/α,β-unsaturated/α-hetero) is 1. The van der Waals surface area contributed by atoms with E-state index in [0.29, 0.717) is 28.9 Å². The second-order valence-corrected chi connectivity index (χ2v) is 10.1. The standard InChI is InChI=1S/C31H22ClF7N2O3/c32-25-14-21(8-9-22(25)17-5-10-26(33)24(12-17)31(37,38)39)40-15-18-4-7-20(30(34,35)36)13-23(18)19-6-11-27(41-16-19)28(42)2-1-3-29(43)44/h4-14,16,40H,1-3,15H2,(H,43,44). The molecule has 0 atom stereocenters. The van der Waals surface area contributed by atoms with Gasteiger partial charge in [0.15, 0.2) is 5.78 Å². The Morgan fingerprint density at radius 2 is 1.55 bits per heavy atom. The SMILES string of the molecule is O=C(O)CCCC(=O)c1ccc(-c2cc(C(F)(F)F)ccc2CNc2ccc(-c3ccc(F)c(C(F)(F)F)c3)c(Cl)c2)cn1. The highest BCUT2D eigenvalue weighted by molar-refractivity contribution is 6.33. The van der Waals surface area contributed by atoms with Gasteiger partial charge in [0.05, 0.1) is 16.1 Å². The van der Waals surface area contributed by atoms with Gasteiger partial charge in [0.1, 0.15) is 11.5 Å². The second-order valence-electron chi connectivity index (χ2n) is 9.71. The third-order valence-corrected chi connectivity index (χ3v) is 6.94. The number of ketones is 1. The number of nitrogens with one attached hydrogen (secondary N) is 1. The van der Waals surface area contributed by atoms with Crippen LogP contribution in [0.25, 0.3) is 22.3 Å². The number of hydrogen-bond donors (Lipinski definition) is 2. The summed E-state index contributed by atoms with van der Waals surface area (Å²) in [5.41, 5.74) is -0.749. The average molecular weight is 639 g/mol. The fourth-order valence-corrected chi connectivity index (χ4v) is 4.68. The Morgan fingerprint density at radius 3 is 2.16 bits per heavy atom. The maximum absolute atomic E-state index is 13.7. The Bertz CT molecular complexity index is 1690. The monoisotopic (exact) mass is 638 g/mol. The first-order valence-electron chi connectivity index (χ1n) is 13.0. The summed E-state index contributed by atoms with van der Waals surface area (Å²) in [5, 5.41) is 11.8. The molecule has 0 radical (unpaired) electrons. The van der Waals surface area contributed by atoms with E-state index in [1.165, 1.54) is 42.6 Å². The van der Waals surface area contributed by atoms with Crippen molar-refractivity contribution in [1.82, 2.24) is 4.98 Å². The fraction of sp³-hybridized carbons (Fsp3) is 0.194.